The van der Waals surface area contributed by atoms with Crippen molar-refractivity contribution in [3.63, 3.8) is 0 Å². The Labute approximate surface area is 48.3 Å². The third kappa shape index (κ3) is 1.43. The summed E-state index contributed by atoms with van der Waals surface area (Å²) in [5, 5.41) is 20.2. The minimum absolute atomic E-state index is 0.451. The second-order valence-corrected chi connectivity index (χ2v) is 2.20. The van der Waals surface area contributed by atoms with Crippen molar-refractivity contribution in [2.75, 3.05) is 6.54 Å². The summed E-state index contributed by atoms with van der Waals surface area (Å²) in [5.74, 6) is -1.57. The van der Waals surface area contributed by atoms with Crippen LogP contribution in [0.2, 0.25) is 0 Å². The summed E-state index contributed by atoms with van der Waals surface area (Å²) < 4.78 is 0. The van der Waals surface area contributed by atoms with E-state index in [0.717, 1.165) is 12.8 Å². The van der Waals surface area contributed by atoms with Gasteiger partial charge < -0.3 is 10.2 Å². The fraction of sp³-hybridized carbons (Fsp3) is 1.00. The summed E-state index contributed by atoms with van der Waals surface area (Å²) in [5.41, 5.74) is 0. The van der Waals surface area contributed by atoms with E-state index in [1.54, 1.807) is 0 Å². The molecule has 0 bridgehead atoms. The number of piperidine rings is 1. The molecule has 0 unspecified atom stereocenters. The highest BCUT2D eigenvalue weighted by atomic mass is 16.5. The van der Waals surface area contributed by atoms with E-state index in [1.165, 1.54) is 0 Å². The third-order valence-electron chi connectivity index (χ3n) is 1.36. The molecule has 0 saturated carbocycles. The molecule has 0 aromatic heterocycles. The molecule has 1 heterocycles. The number of nitrogens with one attached hydrogen (secondary N) is 1. The van der Waals surface area contributed by atoms with Crippen molar-refractivity contribution in [1.29, 1.82) is 0 Å². The Morgan fingerprint density at radius 3 is 2.25 bits per heavy atom. The molecule has 0 amide bonds. The van der Waals surface area contributed by atoms with Crippen LogP contribution in [-0.4, -0.2) is 22.7 Å². The summed E-state index contributed by atoms with van der Waals surface area (Å²) in [7, 11) is 0. The lowest BCUT2D eigenvalue weighted by Crippen LogP contribution is -2.48. The normalized spacial score (nSPS) is 27.8. The van der Waals surface area contributed by atoms with Gasteiger partial charge in [-0.3, -0.25) is 5.32 Å². The summed E-state index contributed by atoms with van der Waals surface area (Å²) in [6.45, 7) is 0.715. The lowest BCUT2D eigenvalue weighted by Gasteiger charge is -2.26. The van der Waals surface area contributed by atoms with Gasteiger partial charge in [0.15, 0.2) is 0 Å². The second kappa shape index (κ2) is 2.01. The highest BCUT2D eigenvalue weighted by Gasteiger charge is 2.24. The van der Waals surface area contributed by atoms with Crippen molar-refractivity contribution >= 4 is 0 Å². The SMILES string of the molecule is OC1(O)CCCCN1. The van der Waals surface area contributed by atoms with Gasteiger partial charge in [0.05, 0.1) is 0 Å². The smallest absolute Gasteiger partial charge is 0.222 e. The lowest BCUT2D eigenvalue weighted by atomic mass is 10.1. The number of hydrogen-bond donors (Lipinski definition) is 3. The van der Waals surface area contributed by atoms with Gasteiger partial charge in [0, 0.05) is 13.0 Å². The van der Waals surface area contributed by atoms with Crippen molar-refractivity contribution < 1.29 is 10.2 Å². The van der Waals surface area contributed by atoms with Crippen LogP contribution in [0.5, 0.6) is 0 Å². The van der Waals surface area contributed by atoms with Gasteiger partial charge in [0.1, 0.15) is 0 Å². The summed E-state index contributed by atoms with van der Waals surface area (Å²) in [6.07, 6.45) is 2.40. The Bertz CT molecular complexity index is 74.5. The van der Waals surface area contributed by atoms with Crippen LogP contribution in [0.25, 0.3) is 0 Å². The van der Waals surface area contributed by atoms with Gasteiger partial charge in [-0.2, -0.15) is 0 Å². The largest absolute Gasteiger partial charge is 0.353 e. The first kappa shape index (κ1) is 6.01. The Kier molecular flexibility index (Phi) is 1.51. The predicted octanol–water partition coefficient (Wildman–Crippen LogP) is -0.602. The average molecular weight is 117 g/mol. The molecule has 0 radical (unpaired) electrons. The van der Waals surface area contributed by atoms with Crippen LogP contribution >= 0.6 is 0 Å². The Morgan fingerprint density at radius 1 is 1.25 bits per heavy atom. The van der Waals surface area contributed by atoms with Crippen molar-refractivity contribution in [1.82, 2.24) is 5.32 Å². The molecule has 0 aliphatic carbocycles. The molecule has 1 aliphatic rings. The molecule has 3 N–H and O–H groups in total. The van der Waals surface area contributed by atoms with Crippen molar-refractivity contribution in [2.45, 2.75) is 25.2 Å². The zero-order valence-electron chi connectivity index (χ0n) is 4.72. The molecule has 48 valence electrons. The van der Waals surface area contributed by atoms with E-state index in [9.17, 15) is 0 Å². The Hall–Kier alpha value is -0.120. The van der Waals surface area contributed by atoms with Crippen LogP contribution in [0.4, 0.5) is 0 Å². The van der Waals surface area contributed by atoms with Crippen LogP contribution in [-0.2, 0) is 0 Å². The van der Waals surface area contributed by atoms with E-state index in [2.05, 4.69) is 5.32 Å². The molecule has 0 atom stereocenters. The Morgan fingerprint density at radius 2 is 2.00 bits per heavy atom. The first-order valence-corrected chi connectivity index (χ1v) is 2.90. The summed E-state index contributed by atoms with van der Waals surface area (Å²) in [6, 6.07) is 0. The zero-order valence-corrected chi connectivity index (χ0v) is 4.72. The van der Waals surface area contributed by atoms with Crippen LogP contribution in [0, 0.1) is 0 Å². The van der Waals surface area contributed by atoms with Gasteiger partial charge >= 0.3 is 0 Å². The topological polar surface area (TPSA) is 52.5 Å². The van der Waals surface area contributed by atoms with E-state index in [0.29, 0.717) is 13.0 Å². The summed E-state index contributed by atoms with van der Waals surface area (Å²) in [4.78, 5) is 0. The zero-order chi connectivity index (χ0) is 6.04. The highest BCUT2D eigenvalue weighted by molar-refractivity contribution is 4.67. The number of hydrogen-bond acceptors (Lipinski definition) is 3. The van der Waals surface area contributed by atoms with Gasteiger partial charge in [0.2, 0.25) is 5.91 Å². The molecule has 0 spiro atoms. The molecule has 1 aliphatic heterocycles. The third-order valence-corrected chi connectivity index (χ3v) is 1.36. The molecule has 1 rings (SSSR count). The van der Waals surface area contributed by atoms with Gasteiger partial charge in [-0.05, 0) is 12.8 Å². The molecule has 3 nitrogen and oxygen atoms in total. The van der Waals surface area contributed by atoms with Gasteiger partial charge in [-0.15, -0.1) is 0 Å². The van der Waals surface area contributed by atoms with Crippen molar-refractivity contribution in [2.24, 2.45) is 0 Å². The quantitative estimate of drug-likeness (QED) is 0.371. The van der Waals surface area contributed by atoms with Gasteiger partial charge in [-0.1, -0.05) is 0 Å². The van der Waals surface area contributed by atoms with E-state index in [-0.39, 0.29) is 0 Å². The van der Waals surface area contributed by atoms with Crippen molar-refractivity contribution in [3.8, 4) is 0 Å². The van der Waals surface area contributed by atoms with E-state index >= 15 is 0 Å². The average Bonchev–Trinajstić information content (AvgIpc) is 1.65. The van der Waals surface area contributed by atoms with Crippen LogP contribution < -0.4 is 5.32 Å². The molecule has 0 aromatic carbocycles. The second-order valence-electron chi connectivity index (χ2n) is 2.20. The number of aliphatic hydroxyl groups is 2. The molecule has 1 saturated heterocycles. The maximum Gasteiger partial charge on any atom is 0.222 e. The molecule has 8 heavy (non-hydrogen) atoms. The van der Waals surface area contributed by atoms with Crippen LogP contribution in [0.15, 0.2) is 0 Å². The number of rotatable bonds is 0. The standard InChI is InChI=1S/C5H11NO2/c7-5(8)3-1-2-4-6-5/h6-8H,1-4H2. The summed E-state index contributed by atoms with van der Waals surface area (Å²) >= 11 is 0. The van der Waals surface area contributed by atoms with Crippen molar-refractivity contribution in [3.05, 3.63) is 0 Å². The molecular weight excluding hydrogens is 106 g/mol. The lowest BCUT2D eigenvalue weighted by molar-refractivity contribution is -0.198. The first-order chi connectivity index (χ1) is 3.71. The minimum atomic E-state index is -1.57. The monoisotopic (exact) mass is 117 g/mol. The minimum Gasteiger partial charge on any atom is -0.353 e. The van der Waals surface area contributed by atoms with Gasteiger partial charge in [0.25, 0.3) is 0 Å². The van der Waals surface area contributed by atoms with E-state index in [4.69, 9.17) is 10.2 Å². The van der Waals surface area contributed by atoms with Crippen LogP contribution in [0.1, 0.15) is 19.3 Å². The molecule has 0 aromatic rings. The van der Waals surface area contributed by atoms with Gasteiger partial charge in [-0.25, -0.2) is 0 Å². The molecular formula is C5H11NO2. The molecule has 3 heteroatoms. The van der Waals surface area contributed by atoms with Crippen LogP contribution in [0.3, 0.4) is 0 Å². The maximum absolute atomic E-state index is 8.82. The maximum atomic E-state index is 8.82. The van der Waals surface area contributed by atoms with E-state index in [1.807, 2.05) is 0 Å². The Balaban J connectivity index is 2.33. The first-order valence-electron chi connectivity index (χ1n) is 2.90. The predicted molar refractivity (Wildman–Crippen MR) is 29.0 cm³/mol. The molecule has 1 fully saturated rings. The fourth-order valence-electron chi connectivity index (χ4n) is 0.873. The fourth-order valence-corrected chi connectivity index (χ4v) is 0.873. The van der Waals surface area contributed by atoms with E-state index < -0.39 is 5.91 Å². The highest BCUT2D eigenvalue weighted by Crippen LogP contribution is 2.11.